The van der Waals surface area contributed by atoms with Crippen LogP contribution in [-0.4, -0.2) is 22.0 Å². The maximum atomic E-state index is 12.3. The molecule has 26 heavy (non-hydrogen) atoms. The molecule has 0 fully saturated rings. The van der Waals surface area contributed by atoms with Crippen LogP contribution in [0, 0.1) is 0 Å². The molecule has 0 bridgehead atoms. The van der Waals surface area contributed by atoms with Gasteiger partial charge < -0.3 is 19.5 Å². The number of carbonyl (C=O) groups is 1. The number of rotatable bonds is 4. The molecule has 3 aromatic rings. The monoisotopic (exact) mass is 384 g/mol. The lowest BCUT2D eigenvalue weighted by molar-refractivity contribution is -0.274. The third-order valence-corrected chi connectivity index (χ3v) is 3.95. The molecule has 1 N–H and O–H groups in total. The highest BCUT2D eigenvalue weighted by molar-refractivity contribution is 6.32. The molecule has 1 aromatic heterocycles. The normalized spacial score (nSPS) is 11.7. The van der Waals surface area contributed by atoms with E-state index in [-0.39, 0.29) is 23.0 Å². The van der Waals surface area contributed by atoms with E-state index in [4.69, 9.17) is 11.6 Å². The summed E-state index contributed by atoms with van der Waals surface area (Å²) in [6, 6.07) is 9.15. The molecule has 3 rings (SSSR count). The number of aromatic carboxylic acids is 1. The quantitative estimate of drug-likeness (QED) is 0.737. The largest absolute Gasteiger partial charge is 0.872 e. The summed E-state index contributed by atoms with van der Waals surface area (Å²) in [6.07, 6.45) is -4.87. The van der Waals surface area contributed by atoms with Gasteiger partial charge >= 0.3 is 12.3 Å². The molecule has 0 atom stereocenters. The molecule has 0 aliphatic heterocycles. The average molecular weight is 385 g/mol. The first-order chi connectivity index (χ1) is 12.1. The van der Waals surface area contributed by atoms with Crippen LogP contribution in [0.1, 0.15) is 16.1 Å². The Kier molecular flexibility index (Phi) is 4.45. The molecule has 0 saturated carbocycles. The molecule has 0 unspecified atom stereocenters. The van der Waals surface area contributed by atoms with Crippen LogP contribution in [0.25, 0.3) is 10.9 Å². The number of ether oxygens (including phenoxy) is 1. The van der Waals surface area contributed by atoms with Gasteiger partial charge in [0.25, 0.3) is 0 Å². The predicted molar refractivity (Wildman–Crippen MR) is 85.6 cm³/mol. The summed E-state index contributed by atoms with van der Waals surface area (Å²) in [5.74, 6) is -2.00. The second-order valence-corrected chi connectivity index (χ2v) is 5.86. The van der Waals surface area contributed by atoms with E-state index < -0.39 is 18.1 Å². The number of halogens is 4. The third kappa shape index (κ3) is 3.70. The topological polar surface area (TPSA) is 74.5 Å². The van der Waals surface area contributed by atoms with E-state index >= 15 is 0 Å². The van der Waals surface area contributed by atoms with E-state index in [1.807, 2.05) is 0 Å². The maximum absolute atomic E-state index is 12.3. The number of fused-ring (bicyclic) bond motifs is 1. The minimum Gasteiger partial charge on any atom is -0.872 e. The first kappa shape index (κ1) is 17.9. The molecular formula is C17H10ClF3NO4-. The van der Waals surface area contributed by atoms with Crippen LogP contribution in [0.3, 0.4) is 0 Å². The first-order valence-electron chi connectivity index (χ1n) is 7.22. The Balaban J connectivity index is 2.00. The van der Waals surface area contributed by atoms with Crippen LogP contribution < -0.4 is 9.84 Å². The molecule has 0 aliphatic carbocycles. The lowest BCUT2D eigenvalue weighted by atomic mass is 10.2. The molecule has 0 saturated heterocycles. The summed E-state index contributed by atoms with van der Waals surface area (Å²) in [5.41, 5.74) is 0.918. The number of hydrogen-bond acceptors (Lipinski definition) is 3. The van der Waals surface area contributed by atoms with Crippen molar-refractivity contribution in [2.75, 3.05) is 0 Å². The van der Waals surface area contributed by atoms with Gasteiger partial charge in [0.15, 0.2) is 0 Å². The number of nitrogens with zero attached hydrogens (tertiary/aromatic N) is 1. The number of carboxylic acids is 1. The lowest BCUT2D eigenvalue weighted by Crippen LogP contribution is -2.17. The zero-order valence-corrected chi connectivity index (χ0v) is 13.6. The molecule has 0 radical (unpaired) electrons. The number of aromatic nitrogens is 1. The molecular weight excluding hydrogens is 375 g/mol. The summed E-state index contributed by atoms with van der Waals surface area (Å²) in [4.78, 5) is 11.5. The zero-order chi connectivity index (χ0) is 19.1. The van der Waals surface area contributed by atoms with Crippen molar-refractivity contribution in [3.63, 3.8) is 0 Å². The van der Waals surface area contributed by atoms with Gasteiger partial charge in [0.05, 0.1) is 5.02 Å². The van der Waals surface area contributed by atoms with Crippen LogP contribution in [0.5, 0.6) is 11.5 Å². The molecule has 2 aromatic carbocycles. The SMILES string of the molecule is O=C(O)c1cc2cc([O-])ccc2n1Cc1ccc(OC(F)(F)F)c(Cl)c1. The van der Waals surface area contributed by atoms with Crippen LogP contribution in [0.15, 0.2) is 42.5 Å². The molecule has 1 heterocycles. The van der Waals surface area contributed by atoms with Gasteiger partial charge in [-0.1, -0.05) is 29.8 Å². The molecule has 0 amide bonds. The summed E-state index contributed by atoms with van der Waals surface area (Å²) in [7, 11) is 0. The molecule has 136 valence electrons. The highest BCUT2D eigenvalue weighted by Crippen LogP contribution is 2.32. The van der Waals surface area contributed by atoms with Crippen molar-refractivity contribution in [1.82, 2.24) is 4.57 Å². The summed E-state index contributed by atoms with van der Waals surface area (Å²) < 4.78 is 42.1. The van der Waals surface area contributed by atoms with Gasteiger partial charge in [0.2, 0.25) is 0 Å². The Morgan fingerprint density at radius 3 is 2.54 bits per heavy atom. The minimum atomic E-state index is -4.87. The second kappa shape index (κ2) is 6.45. The first-order valence-corrected chi connectivity index (χ1v) is 7.59. The van der Waals surface area contributed by atoms with Crippen LogP contribution in [-0.2, 0) is 6.54 Å². The Hall–Kier alpha value is -2.87. The van der Waals surface area contributed by atoms with Gasteiger partial charge in [-0.2, -0.15) is 0 Å². The van der Waals surface area contributed by atoms with E-state index in [9.17, 15) is 28.2 Å². The predicted octanol–water partition coefficient (Wildman–Crippen LogP) is 4.01. The Labute approximate surface area is 149 Å². The fraction of sp³-hybridized carbons (Fsp3) is 0.118. The summed E-state index contributed by atoms with van der Waals surface area (Å²) in [5, 5.41) is 21.0. The van der Waals surface area contributed by atoms with Gasteiger partial charge in [-0.05, 0) is 35.2 Å². The highest BCUT2D eigenvalue weighted by atomic mass is 35.5. The second-order valence-electron chi connectivity index (χ2n) is 5.45. The van der Waals surface area contributed by atoms with Crippen LogP contribution in [0.4, 0.5) is 13.2 Å². The van der Waals surface area contributed by atoms with Crippen molar-refractivity contribution >= 4 is 28.5 Å². The summed E-state index contributed by atoms with van der Waals surface area (Å²) in [6.45, 7) is 0.0371. The number of carboxylic acid groups (broad SMARTS) is 1. The number of alkyl halides is 3. The third-order valence-electron chi connectivity index (χ3n) is 3.65. The van der Waals surface area contributed by atoms with Gasteiger partial charge in [0, 0.05) is 12.1 Å². The van der Waals surface area contributed by atoms with E-state index in [0.29, 0.717) is 16.5 Å². The number of hydrogen-bond donors (Lipinski definition) is 1. The van der Waals surface area contributed by atoms with Crippen molar-refractivity contribution < 1.29 is 32.9 Å². The van der Waals surface area contributed by atoms with Crippen molar-refractivity contribution in [1.29, 1.82) is 0 Å². The molecule has 0 aliphatic rings. The standard InChI is InChI=1S/C17H11ClF3NO4/c18-12-5-9(1-4-15(12)26-17(19,20)21)8-22-13-3-2-11(23)6-10(13)7-14(22)16(24)25/h1-7,23H,8H2,(H,24,25)/p-1. The van der Waals surface area contributed by atoms with E-state index in [1.54, 1.807) is 0 Å². The van der Waals surface area contributed by atoms with Gasteiger partial charge in [-0.15, -0.1) is 18.9 Å². The van der Waals surface area contributed by atoms with E-state index in [1.165, 1.54) is 41.0 Å². The smallest absolute Gasteiger partial charge is 0.573 e. The van der Waals surface area contributed by atoms with Crippen molar-refractivity contribution in [2.24, 2.45) is 0 Å². The van der Waals surface area contributed by atoms with Crippen LogP contribution >= 0.6 is 11.6 Å². The fourth-order valence-corrected chi connectivity index (χ4v) is 2.87. The van der Waals surface area contributed by atoms with E-state index in [0.717, 1.165) is 6.07 Å². The molecule has 9 heteroatoms. The molecule has 5 nitrogen and oxygen atoms in total. The number of benzene rings is 2. The van der Waals surface area contributed by atoms with Gasteiger partial charge in [0.1, 0.15) is 11.4 Å². The van der Waals surface area contributed by atoms with Crippen LogP contribution in [0.2, 0.25) is 5.02 Å². The Morgan fingerprint density at radius 2 is 1.92 bits per heavy atom. The van der Waals surface area contributed by atoms with Crippen molar-refractivity contribution in [3.8, 4) is 11.5 Å². The minimum absolute atomic E-state index is 0.0371. The maximum Gasteiger partial charge on any atom is 0.573 e. The molecule has 0 spiro atoms. The van der Waals surface area contributed by atoms with E-state index in [2.05, 4.69) is 4.74 Å². The van der Waals surface area contributed by atoms with Crippen molar-refractivity contribution in [3.05, 3.63) is 58.7 Å². The Bertz CT molecular complexity index is 998. The summed E-state index contributed by atoms with van der Waals surface area (Å²) >= 11 is 5.83. The zero-order valence-electron chi connectivity index (χ0n) is 12.9. The lowest BCUT2D eigenvalue weighted by Gasteiger charge is -2.13. The highest BCUT2D eigenvalue weighted by Gasteiger charge is 2.32. The Morgan fingerprint density at radius 1 is 1.19 bits per heavy atom. The average Bonchev–Trinajstić information content (AvgIpc) is 2.87. The van der Waals surface area contributed by atoms with Gasteiger partial charge in [-0.25, -0.2) is 4.79 Å². The fourth-order valence-electron chi connectivity index (χ4n) is 2.63. The van der Waals surface area contributed by atoms with Gasteiger partial charge in [-0.3, -0.25) is 0 Å². The van der Waals surface area contributed by atoms with Crippen molar-refractivity contribution in [2.45, 2.75) is 12.9 Å².